The summed E-state index contributed by atoms with van der Waals surface area (Å²) in [4.78, 5) is 20.4. The first-order valence-corrected chi connectivity index (χ1v) is 14.4. The van der Waals surface area contributed by atoms with E-state index in [1.807, 2.05) is 48.5 Å². The molecule has 5 rings (SSSR count). The number of thiophene rings is 1. The fourth-order valence-corrected chi connectivity index (χ4v) is 7.88. The third-order valence-corrected chi connectivity index (χ3v) is 10.4. The van der Waals surface area contributed by atoms with Gasteiger partial charge in [0.1, 0.15) is 9.96 Å². The minimum atomic E-state index is -3.61. The number of nitrogens with zero attached hydrogens (tertiary/aromatic N) is 3. The number of thiazole rings is 1. The molecule has 1 unspecified atom stereocenters. The van der Waals surface area contributed by atoms with Gasteiger partial charge in [-0.15, -0.1) is 11.3 Å². The number of methoxy groups -OCH3 is 1. The number of hydrogen-bond donors (Lipinski definition) is 0. The molecule has 0 N–H and O–H groups in total. The SMILES string of the molecule is COc1ccc2sc(N(Cc3ccccc3)C(=O)C3CCCN(S(=O)(=O)c4cccs4)C3)nc2c1. The van der Waals surface area contributed by atoms with Gasteiger partial charge in [-0.05, 0) is 42.0 Å². The molecule has 35 heavy (non-hydrogen) atoms. The minimum Gasteiger partial charge on any atom is -0.497 e. The van der Waals surface area contributed by atoms with Crippen molar-refractivity contribution in [2.24, 2.45) is 5.92 Å². The molecule has 7 nitrogen and oxygen atoms in total. The van der Waals surface area contributed by atoms with Crippen LogP contribution in [-0.4, -0.2) is 43.8 Å². The molecule has 1 saturated heterocycles. The molecule has 3 heterocycles. The molecule has 1 amide bonds. The van der Waals surface area contributed by atoms with Gasteiger partial charge in [-0.25, -0.2) is 13.4 Å². The average molecular weight is 528 g/mol. The normalized spacial score (nSPS) is 16.9. The van der Waals surface area contributed by atoms with Crippen LogP contribution in [0.25, 0.3) is 10.2 Å². The van der Waals surface area contributed by atoms with Crippen LogP contribution in [-0.2, 0) is 21.4 Å². The van der Waals surface area contributed by atoms with Crippen LogP contribution >= 0.6 is 22.7 Å². The Kier molecular flexibility index (Phi) is 6.88. The highest BCUT2D eigenvalue weighted by Crippen LogP contribution is 2.34. The molecule has 182 valence electrons. The van der Waals surface area contributed by atoms with Crippen molar-refractivity contribution in [2.45, 2.75) is 23.6 Å². The summed E-state index contributed by atoms with van der Waals surface area (Å²) >= 11 is 2.65. The molecule has 1 fully saturated rings. The molecule has 1 atom stereocenters. The Bertz CT molecular complexity index is 1420. The van der Waals surface area contributed by atoms with Gasteiger partial charge in [0, 0.05) is 19.2 Å². The van der Waals surface area contributed by atoms with Crippen molar-refractivity contribution in [1.29, 1.82) is 0 Å². The average Bonchev–Trinajstić information content (AvgIpc) is 3.58. The topological polar surface area (TPSA) is 79.8 Å². The van der Waals surface area contributed by atoms with Gasteiger partial charge in [0.15, 0.2) is 5.13 Å². The maximum absolute atomic E-state index is 13.9. The molecule has 0 spiro atoms. The van der Waals surface area contributed by atoms with Gasteiger partial charge in [0.25, 0.3) is 10.0 Å². The highest BCUT2D eigenvalue weighted by molar-refractivity contribution is 7.91. The van der Waals surface area contributed by atoms with E-state index < -0.39 is 15.9 Å². The standard InChI is InChI=1S/C25H25N3O4S3/c1-32-20-11-12-22-21(15-20)26-25(34-22)28(16-18-7-3-2-4-8-18)24(29)19-9-5-13-27(17-19)35(30,31)23-10-6-14-33-23/h2-4,6-8,10-12,14-15,19H,5,9,13,16-17H2,1H3. The van der Waals surface area contributed by atoms with E-state index in [0.29, 0.717) is 41.0 Å². The zero-order chi connectivity index (χ0) is 24.4. The molecule has 10 heteroatoms. The van der Waals surface area contributed by atoms with Crippen LogP contribution in [0.2, 0.25) is 0 Å². The number of sulfonamides is 1. The third-order valence-electron chi connectivity index (χ3n) is 6.09. The lowest BCUT2D eigenvalue weighted by molar-refractivity contribution is -0.123. The Morgan fingerprint density at radius 2 is 2.00 bits per heavy atom. The van der Waals surface area contributed by atoms with E-state index in [-0.39, 0.29) is 12.5 Å². The van der Waals surface area contributed by atoms with Crippen LogP contribution in [0.5, 0.6) is 5.75 Å². The van der Waals surface area contributed by atoms with Crippen molar-refractivity contribution in [3.63, 3.8) is 0 Å². The van der Waals surface area contributed by atoms with E-state index >= 15 is 0 Å². The quantitative estimate of drug-likeness (QED) is 0.338. The number of piperidine rings is 1. The Morgan fingerprint density at radius 1 is 1.17 bits per heavy atom. The second-order valence-corrected chi connectivity index (χ2v) is 12.5. The summed E-state index contributed by atoms with van der Waals surface area (Å²) in [5.41, 5.74) is 1.75. The van der Waals surface area contributed by atoms with E-state index in [4.69, 9.17) is 9.72 Å². The van der Waals surface area contributed by atoms with Crippen molar-refractivity contribution in [2.75, 3.05) is 25.1 Å². The van der Waals surface area contributed by atoms with E-state index in [0.717, 1.165) is 15.8 Å². The number of aromatic nitrogens is 1. The summed E-state index contributed by atoms with van der Waals surface area (Å²) in [6.45, 7) is 0.956. The van der Waals surface area contributed by atoms with Crippen LogP contribution in [0.4, 0.5) is 5.13 Å². The largest absolute Gasteiger partial charge is 0.497 e. The highest BCUT2D eigenvalue weighted by Gasteiger charge is 2.36. The first-order valence-electron chi connectivity index (χ1n) is 11.3. The molecule has 0 radical (unpaired) electrons. The molecule has 1 aliphatic heterocycles. The van der Waals surface area contributed by atoms with Gasteiger partial charge in [-0.3, -0.25) is 9.69 Å². The minimum absolute atomic E-state index is 0.106. The van der Waals surface area contributed by atoms with Crippen LogP contribution in [0, 0.1) is 5.92 Å². The van der Waals surface area contributed by atoms with Gasteiger partial charge >= 0.3 is 0 Å². The third kappa shape index (κ3) is 4.97. The lowest BCUT2D eigenvalue weighted by Crippen LogP contribution is -2.46. The van der Waals surface area contributed by atoms with Gasteiger partial charge in [-0.1, -0.05) is 47.7 Å². The summed E-state index contributed by atoms with van der Waals surface area (Å²) in [5, 5.41) is 2.35. The zero-order valence-corrected chi connectivity index (χ0v) is 21.6. The molecule has 4 aromatic rings. The molecule has 2 aromatic carbocycles. The second kappa shape index (κ2) is 10.1. The smallest absolute Gasteiger partial charge is 0.252 e. The number of benzene rings is 2. The second-order valence-electron chi connectivity index (χ2n) is 8.37. The summed E-state index contributed by atoms with van der Waals surface area (Å²) in [5.74, 6) is 0.159. The fourth-order valence-electron chi connectivity index (χ4n) is 4.26. The zero-order valence-electron chi connectivity index (χ0n) is 19.2. The molecule has 2 aromatic heterocycles. The van der Waals surface area contributed by atoms with Crippen LogP contribution in [0.15, 0.2) is 70.3 Å². The van der Waals surface area contributed by atoms with E-state index in [9.17, 15) is 13.2 Å². The summed E-state index contributed by atoms with van der Waals surface area (Å²) in [7, 11) is -2.00. The molecule has 1 aliphatic rings. The van der Waals surface area contributed by atoms with Gasteiger partial charge in [-0.2, -0.15) is 4.31 Å². The monoisotopic (exact) mass is 527 g/mol. The van der Waals surface area contributed by atoms with Crippen molar-refractivity contribution >= 4 is 54.0 Å². The number of carbonyl (C=O) groups excluding carboxylic acids is 1. The van der Waals surface area contributed by atoms with Crippen molar-refractivity contribution < 1.29 is 17.9 Å². The molecule has 0 aliphatic carbocycles. The lowest BCUT2D eigenvalue weighted by atomic mass is 9.98. The first kappa shape index (κ1) is 23.9. The van der Waals surface area contributed by atoms with E-state index in [1.54, 1.807) is 29.5 Å². The number of fused-ring (bicyclic) bond motifs is 1. The number of carbonyl (C=O) groups is 1. The molecular weight excluding hydrogens is 502 g/mol. The number of hydrogen-bond acceptors (Lipinski definition) is 7. The number of ether oxygens (including phenoxy) is 1. The fraction of sp³-hybridized carbons (Fsp3) is 0.280. The summed E-state index contributed by atoms with van der Waals surface area (Å²) in [6, 6.07) is 18.8. The van der Waals surface area contributed by atoms with Gasteiger partial charge in [0.05, 0.1) is 29.8 Å². The van der Waals surface area contributed by atoms with Crippen molar-refractivity contribution in [1.82, 2.24) is 9.29 Å². The van der Waals surface area contributed by atoms with Crippen LogP contribution in [0.1, 0.15) is 18.4 Å². The first-order chi connectivity index (χ1) is 17.0. The summed E-state index contributed by atoms with van der Waals surface area (Å²) < 4.78 is 34.3. The maximum atomic E-state index is 13.9. The van der Waals surface area contributed by atoms with Gasteiger partial charge < -0.3 is 4.74 Å². The Balaban J connectivity index is 1.46. The maximum Gasteiger partial charge on any atom is 0.252 e. The van der Waals surface area contributed by atoms with E-state index in [2.05, 4.69) is 0 Å². The Hall–Kier alpha value is -2.79. The van der Waals surface area contributed by atoms with Crippen LogP contribution in [0.3, 0.4) is 0 Å². The molecule has 0 saturated carbocycles. The number of amides is 1. The van der Waals surface area contributed by atoms with Crippen molar-refractivity contribution in [3.8, 4) is 5.75 Å². The van der Waals surface area contributed by atoms with Gasteiger partial charge in [0.2, 0.25) is 5.91 Å². The lowest BCUT2D eigenvalue weighted by Gasteiger charge is -2.33. The van der Waals surface area contributed by atoms with E-state index in [1.165, 1.54) is 27.0 Å². The highest BCUT2D eigenvalue weighted by atomic mass is 32.2. The number of anilines is 1. The predicted octanol–water partition coefficient (Wildman–Crippen LogP) is 5.00. The van der Waals surface area contributed by atoms with Crippen molar-refractivity contribution in [3.05, 3.63) is 71.6 Å². The Morgan fingerprint density at radius 3 is 2.74 bits per heavy atom. The molecular formula is C25H25N3O4S3. The Labute approximate surface area is 212 Å². The predicted molar refractivity (Wildman–Crippen MR) is 140 cm³/mol. The summed E-state index contributed by atoms with van der Waals surface area (Å²) in [6.07, 6.45) is 1.27. The number of rotatable bonds is 7. The molecule has 0 bridgehead atoms. The van der Waals surface area contributed by atoms with Crippen LogP contribution < -0.4 is 9.64 Å².